The van der Waals surface area contributed by atoms with Crippen molar-refractivity contribution >= 4 is 5.78 Å². The Bertz CT molecular complexity index is 573. The Kier molecular flexibility index (Phi) is 5.05. The number of hydrogen-bond acceptors (Lipinski definition) is 6. The highest BCUT2D eigenvalue weighted by Crippen LogP contribution is 2.41. The van der Waals surface area contributed by atoms with Gasteiger partial charge in [-0.2, -0.15) is 0 Å². The van der Waals surface area contributed by atoms with Gasteiger partial charge in [0.2, 0.25) is 0 Å². The third kappa shape index (κ3) is 3.66. The molecule has 0 bridgehead atoms. The maximum absolute atomic E-state index is 12.5. The molecule has 26 heavy (non-hydrogen) atoms. The van der Waals surface area contributed by atoms with E-state index in [0.29, 0.717) is 52.1 Å². The van der Waals surface area contributed by atoms with E-state index < -0.39 is 11.4 Å². The number of ether oxygens (including phenoxy) is 4. The first kappa shape index (κ1) is 18.3. The van der Waals surface area contributed by atoms with Gasteiger partial charge < -0.3 is 24.1 Å². The molecule has 0 atom stereocenters. The maximum Gasteiger partial charge on any atom is 0.187 e. The fourth-order valence-corrected chi connectivity index (χ4v) is 4.41. The van der Waals surface area contributed by atoms with Crippen LogP contribution in [-0.2, 0) is 23.7 Å². The largest absolute Gasteiger partial charge is 0.382 e. The molecular formula is C20H28O6. The van der Waals surface area contributed by atoms with Crippen molar-refractivity contribution in [2.75, 3.05) is 26.4 Å². The molecule has 0 unspecified atom stereocenters. The van der Waals surface area contributed by atoms with Crippen molar-refractivity contribution in [2.45, 2.75) is 68.5 Å². The lowest BCUT2D eigenvalue weighted by atomic mass is 9.78. The van der Waals surface area contributed by atoms with E-state index >= 15 is 0 Å². The fraction of sp³-hybridized carbons (Fsp3) is 0.750. The number of carbonyl (C=O) groups is 1. The standard InChI is InChI=1S/C20H28O6/c21-17(18(22)8-10-20(11-9-18)25-14-15-26-20)3-1-2-16-4-6-19(7-5-16)23-12-13-24-19/h1-3,22H,4-15H2/b3-1-. The van der Waals surface area contributed by atoms with Crippen LogP contribution < -0.4 is 0 Å². The SMILES string of the molecule is O=C(/C=C\C=C1CCC2(CC1)OCCO2)C1(O)CCC2(CC1)OCCO2. The zero-order chi connectivity index (χ0) is 18.1. The third-order valence-electron chi connectivity index (χ3n) is 6.16. The normalized spacial score (nSPS) is 33.3. The summed E-state index contributed by atoms with van der Waals surface area (Å²) < 4.78 is 22.8. The number of rotatable bonds is 3. The van der Waals surface area contributed by atoms with E-state index in [2.05, 4.69) is 0 Å². The molecule has 4 fully saturated rings. The molecule has 0 aromatic carbocycles. The van der Waals surface area contributed by atoms with Crippen LogP contribution in [-0.4, -0.2) is 54.5 Å². The van der Waals surface area contributed by atoms with Crippen molar-refractivity contribution in [3.63, 3.8) is 0 Å². The number of hydrogen-bond donors (Lipinski definition) is 1. The number of carbonyl (C=O) groups excluding carboxylic acids is 1. The van der Waals surface area contributed by atoms with Gasteiger partial charge in [-0.3, -0.25) is 4.79 Å². The number of ketones is 1. The minimum Gasteiger partial charge on any atom is -0.382 e. The van der Waals surface area contributed by atoms with E-state index in [-0.39, 0.29) is 11.6 Å². The molecule has 144 valence electrons. The summed E-state index contributed by atoms with van der Waals surface area (Å²) >= 11 is 0. The van der Waals surface area contributed by atoms with Gasteiger partial charge in [0.1, 0.15) is 5.60 Å². The molecule has 2 heterocycles. The Morgan fingerprint density at radius 1 is 0.808 bits per heavy atom. The van der Waals surface area contributed by atoms with Gasteiger partial charge in [0, 0.05) is 25.7 Å². The predicted octanol–water partition coefficient (Wildman–Crippen LogP) is 2.40. The van der Waals surface area contributed by atoms with E-state index in [1.54, 1.807) is 6.08 Å². The first-order valence-corrected chi connectivity index (χ1v) is 9.72. The second-order valence-electron chi connectivity index (χ2n) is 7.80. The Morgan fingerprint density at radius 2 is 1.31 bits per heavy atom. The summed E-state index contributed by atoms with van der Waals surface area (Å²) in [4.78, 5) is 12.5. The molecule has 6 heteroatoms. The molecule has 4 aliphatic rings. The molecule has 1 N–H and O–H groups in total. The fourth-order valence-electron chi connectivity index (χ4n) is 4.41. The summed E-state index contributed by atoms with van der Waals surface area (Å²) in [6.07, 6.45) is 10.7. The molecule has 2 saturated heterocycles. The van der Waals surface area contributed by atoms with Gasteiger partial charge >= 0.3 is 0 Å². The second-order valence-corrected chi connectivity index (χ2v) is 7.80. The average Bonchev–Trinajstić information content (AvgIpc) is 3.30. The highest BCUT2D eigenvalue weighted by molar-refractivity contribution is 5.97. The molecule has 2 aliphatic carbocycles. The van der Waals surface area contributed by atoms with Crippen LogP contribution in [0.4, 0.5) is 0 Å². The first-order chi connectivity index (χ1) is 12.5. The number of allylic oxidation sites excluding steroid dienone is 3. The Morgan fingerprint density at radius 3 is 1.85 bits per heavy atom. The summed E-state index contributed by atoms with van der Waals surface area (Å²) in [7, 11) is 0. The lowest BCUT2D eigenvalue weighted by Crippen LogP contribution is -2.47. The van der Waals surface area contributed by atoms with Crippen LogP contribution >= 0.6 is 0 Å². The molecule has 2 saturated carbocycles. The molecule has 0 aromatic rings. The van der Waals surface area contributed by atoms with Crippen molar-refractivity contribution in [3.8, 4) is 0 Å². The molecule has 2 aliphatic heterocycles. The molecule has 0 radical (unpaired) electrons. The summed E-state index contributed by atoms with van der Waals surface area (Å²) in [5, 5.41) is 10.7. The average molecular weight is 364 g/mol. The monoisotopic (exact) mass is 364 g/mol. The van der Waals surface area contributed by atoms with Crippen molar-refractivity contribution in [3.05, 3.63) is 23.8 Å². The lowest BCUT2D eigenvalue weighted by molar-refractivity contribution is -0.201. The second kappa shape index (κ2) is 7.17. The maximum atomic E-state index is 12.5. The van der Waals surface area contributed by atoms with Gasteiger partial charge in [-0.05, 0) is 31.8 Å². The molecule has 0 amide bonds. The van der Waals surface area contributed by atoms with Crippen LogP contribution in [0.1, 0.15) is 51.4 Å². The van der Waals surface area contributed by atoms with Crippen LogP contribution in [0.2, 0.25) is 0 Å². The topological polar surface area (TPSA) is 74.2 Å². The van der Waals surface area contributed by atoms with Crippen LogP contribution in [0.5, 0.6) is 0 Å². The minimum absolute atomic E-state index is 0.225. The summed E-state index contributed by atoms with van der Waals surface area (Å²) in [6, 6.07) is 0. The zero-order valence-electron chi connectivity index (χ0n) is 15.2. The number of aliphatic hydroxyl groups is 1. The summed E-state index contributed by atoms with van der Waals surface area (Å²) in [6.45, 7) is 2.56. The van der Waals surface area contributed by atoms with Gasteiger partial charge in [0.15, 0.2) is 17.4 Å². The Balaban J connectivity index is 1.29. The van der Waals surface area contributed by atoms with Gasteiger partial charge in [0.25, 0.3) is 0 Å². The van der Waals surface area contributed by atoms with Crippen molar-refractivity contribution in [2.24, 2.45) is 0 Å². The zero-order valence-corrected chi connectivity index (χ0v) is 15.2. The van der Waals surface area contributed by atoms with Crippen molar-refractivity contribution in [1.29, 1.82) is 0 Å². The van der Waals surface area contributed by atoms with Crippen LogP contribution in [0.25, 0.3) is 0 Å². The van der Waals surface area contributed by atoms with Gasteiger partial charge in [-0.15, -0.1) is 0 Å². The Hall–Kier alpha value is -1.05. The van der Waals surface area contributed by atoms with Gasteiger partial charge in [0.05, 0.1) is 26.4 Å². The van der Waals surface area contributed by atoms with E-state index in [9.17, 15) is 9.90 Å². The van der Waals surface area contributed by atoms with Crippen molar-refractivity contribution < 1.29 is 28.8 Å². The molecule has 6 nitrogen and oxygen atoms in total. The van der Waals surface area contributed by atoms with Crippen LogP contribution in [0.3, 0.4) is 0 Å². The van der Waals surface area contributed by atoms with Crippen molar-refractivity contribution in [1.82, 2.24) is 0 Å². The molecule has 0 aromatic heterocycles. The van der Waals surface area contributed by atoms with E-state index in [4.69, 9.17) is 18.9 Å². The van der Waals surface area contributed by atoms with Crippen LogP contribution in [0, 0.1) is 0 Å². The molecule has 2 spiro atoms. The van der Waals surface area contributed by atoms with E-state index in [1.165, 1.54) is 11.6 Å². The smallest absolute Gasteiger partial charge is 0.187 e. The van der Waals surface area contributed by atoms with Gasteiger partial charge in [-0.1, -0.05) is 17.7 Å². The van der Waals surface area contributed by atoms with E-state index in [0.717, 1.165) is 25.7 Å². The predicted molar refractivity (Wildman–Crippen MR) is 93.4 cm³/mol. The van der Waals surface area contributed by atoms with Crippen LogP contribution in [0.15, 0.2) is 23.8 Å². The third-order valence-corrected chi connectivity index (χ3v) is 6.16. The highest BCUT2D eigenvalue weighted by atomic mass is 16.7. The minimum atomic E-state index is -1.29. The quantitative estimate of drug-likeness (QED) is 0.775. The Labute approximate surface area is 154 Å². The summed E-state index contributed by atoms with van der Waals surface area (Å²) in [5.74, 6) is -1.16. The molecular weight excluding hydrogens is 336 g/mol. The summed E-state index contributed by atoms with van der Waals surface area (Å²) in [5.41, 5.74) is -0.00123. The highest BCUT2D eigenvalue weighted by Gasteiger charge is 2.48. The first-order valence-electron chi connectivity index (χ1n) is 9.72. The lowest BCUT2D eigenvalue weighted by Gasteiger charge is -2.39. The van der Waals surface area contributed by atoms with E-state index in [1.807, 2.05) is 6.08 Å². The molecule has 4 rings (SSSR count). The van der Waals surface area contributed by atoms with Gasteiger partial charge in [-0.25, -0.2) is 0 Å².